The Morgan fingerprint density at radius 3 is 2.42 bits per heavy atom. The number of fused-ring (bicyclic) bond motifs is 1. The fraction of sp³-hybridized carbons (Fsp3) is 0.269. The highest BCUT2D eigenvalue weighted by atomic mass is 32.2. The topological polar surface area (TPSA) is 66.5 Å². The van der Waals surface area contributed by atoms with E-state index in [-0.39, 0.29) is 30.8 Å². The molecule has 0 aromatic heterocycles. The lowest BCUT2D eigenvalue weighted by atomic mass is 9.95. The van der Waals surface area contributed by atoms with Gasteiger partial charge in [0, 0.05) is 18.8 Å². The van der Waals surface area contributed by atoms with E-state index >= 15 is 0 Å². The van der Waals surface area contributed by atoms with Gasteiger partial charge in [-0.15, -0.1) is 0 Å². The standard InChI is InChI=1S/C26H24F4N2O3S/c1-17-7-9-20-15-32(36(34,35)16-18-5-3-2-4-6-18)12-11-21(20)25(17)31-24(33)14-19-8-10-22(23(27)13-19)26(28,29)30/h2-10,13H,11-12,14-16H2,1H3,(H,31,33). The molecule has 0 spiro atoms. The number of nitrogens with one attached hydrogen (secondary N) is 1. The number of halogens is 4. The number of amides is 1. The highest BCUT2D eigenvalue weighted by Crippen LogP contribution is 2.33. The predicted molar refractivity (Wildman–Crippen MR) is 128 cm³/mol. The summed E-state index contributed by atoms with van der Waals surface area (Å²) in [6.45, 7) is 2.21. The smallest absolute Gasteiger partial charge is 0.325 e. The van der Waals surface area contributed by atoms with Crippen LogP contribution >= 0.6 is 0 Å². The molecule has 0 saturated carbocycles. The molecule has 1 N–H and O–H groups in total. The van der Waals surface area contributed by atoms with Gasteiger partial charge in [0.05, 0.1) is 17.7 Å². The van der Waals surface area contributed by atoms with Crippen molar-refractivity contribution in [3.8, 4) is 0 Å². The van der Waals surface area contributed by atoms with Crippen molar-refractivity contribution in [3.63, 3.8) is 0 Å². The molecule has 1 heterocycles. The van der Waals surface area contributed by atoms with Gasteiger partial charge >= 0.3 is 6.18 Å². The molecule has 10 heteroatoms. The minimum absolute atomic E-state index is 0.109. The van der Waals surface area contributed by atoms with E-state index in [9.17, 15) is 30.8 Å². The minimum Gasteiger partial charge on any atom is -0.325 e. The summed E-state index contributed by atoms with van der Waals surface area (Å²) in [4.78, 5) is 12.7. The average molecular weight is 521 g/mol. The monoisotopic (exact) mass is 520 g/mol. The summed E-state index contributed by atoms with van der Waals surface area (Å²) in [5, 5.41) is 2.79. The van der Waals surface area contributed by atoms with Crippen LogP contribution in [0.3, 0.4) is 0 Å². The Bertz CT molecular complexity index is 1390. The molecule has 0 saturated heterocycles. The predicted octanol–water partition coefficient (Wildman–Crippen LogP) is 5.22. The first-order chi connectivity index (χ1) is 16.9. The molecule has 1 aliphatic heterocycles. The largest absolute Gasteiger partial charge is 0.419 e. The quantitative estimate of drug-likeness (QED) is 0.453. The van der Waals surface area contributed by atoms with Gasteiger partial charge in [-0.3, -0.25) is 4.79 Å². The van der Waals surface area contributed by atoms with E-state index in [1.165, 1.54) is 4.31 Å². The number of alkyl halides is 3. The van der Waals surface area contributed by atoms with Crippen LogP contribution in [0.4, 0.5) is 23.2 Å². The van der Waals surface area contributed by atoms with Crippen LogP contribution in [0.5, 0.6) is 0 Å². The van der Waals surface area contributed by atoms with Crippen LogP contribution in [0.15, 0.2) is 60.7 Å². The van der Waals surface area contributed by atoms with Crippen molar-refractivity contribution in [2.45, 2.75) is 38.2 Å². The van der Waals surface area contributed by atoms with Crippen LogP contribution in [-0.4, -0.2) is 25.2 Å². The first-order valence-corrected chi connectivity index (χ1v) is 12.8. The summed E-state index contributed by atoms with van der Waals surface area (Å²) >= 11 is 0. The molecule has 0 bridgehead atoms. The molecule has 1 amide bonds. The maximum absolute atomic E-state index is 13.9. The van der Waals surface area contributed by atoms with Crippen LogP contribution in [0.1, 0.15) is 33.4 Å². The molecule has 190 valence electrons. The van der Waals surface area contributed by atoms with Gasteiger partial charge in [-0.1, -0.05) is 48.5 Å². The zero-order valence-electron chi connectivity index (χ0n) is 19.4. The number of hydrogen-bond acceptors (Lipinski definition) is 3. The van der Waals surface area contributed by atoms with Crippen molar-refractivity contribution in [2.75, 3.05) is 11.9 Å². The van der Waals surface area contributed by atoms with Crippen LogP contribution in [-0.2, 0) is 46.1 Å². The number of aryl methyl sites for hydroxylation is 1. The maximum atomic E-state index is 13.9. The number of rotatable bonds is 6. The number of anilines is 1. The van der Waals surface area contributed by atoms with Gasteiger partial charge in [-0.2, -0.15) is 17.5 Å². The first-order valence-electron chi connectivity index (χ1n) is 11.2. The van der Waals surface area contributed by atoms with Gasteiger partial charge in [-0.05, 0) is 53.3 Å². The third-order valence-electron chi connectivity index (χ3n) is 6.13. The normalized spacial score (nSPS) is 14.4. The lowest BCUT2D eigenvalue weighted by molar-refractivity contribution is -0.140. The van der Waals surface area contributed by atoms with Crippen molar-refractivity contribution in [2.24, 2.45) is 0 Å². The van der Waals surface area contributed by atoms with E-state index < -0.39 is 33.5 Å². The van der Waals surface area contributed by atoms with Crippen molar-refractivity contribution < 1.29 is 30.8 Å². The van der Waals surface area contributed by atoms with E-state index in [2.05, 4.69) is 5.32 Å². The van der Waals surface area contributed by atoms with E-state index in [4.69, 9.17) is 0 Å². The number of nitrogens with zero attached hydrogens (tertiary/aromatic N) is 1. The van der Waals surface area contributed by atoms with Crippen molar-refractivity contribution in [1.29, 1.82) is 0 Å². The zero-order valence-corrected chi connectivity index (χ0v) is 20.2. The Morgan fingerprint density at radius 1 is 1.03 bits per heavy atom. The van der Waals surface area contributed by atoms with Crippen LogP contribution in [0.25, 0.3) is 0 Å². The number of hydrogen-bond donors (Lipinski definition) is 1. The fourth-order valence-electron chi connectivity index (χ4n) is 4.30. The van der Waals surface area contributed by atoms with Gasteiger partial charge in [0.1, 0.15) is 5.82 Å². The summed E-state index contributed by atoms with van der Waals surface area (Å²) in [5.74, 6) is -2.05. The van der Waals surface area contributed by atoms with E-state index in [0.29, 0.717) is 29.8 Å². The van der Waals surface area contributed by atoms with Gasteiger partial charge in [0.2, 0.25) is 15.9 Å². The zero-order chi connectivity index (χ0) is 26.1. The van der Waals surface area contributed by atoms with Gasteiger partial charge in [0.15, 0.2) is 0 Å². The van der Waals surface area contributed by atoms with Gasteiger partial charge < -0.3 is 5.32 Å². The Balaban J connectivity index is 1.49. The summed E-state index contributed by atoms with van der Waals surface area (Å²) in [7, 11) is -3.55. The van der Waals surface area contributed by atoms with Crippen molar-refractivity contribution in [1.82, 2.24) is 4.31 Å². The number of sulfonamides is 1. The molecule has 0 fully saturated rings. The minimum atomic E-state index is -4.81. The molecule has 5 nitrogen and oxygen atoms in total. The Morgan fingerprint density at radius 2 is 1.75 bits per heavy atom. The van der Waals surface area contributed by atoms with Gasteiger partial charge in [-0.25, -0.2) is 12.8 Å². The molecule has 4 rings (SSSR count). The molecule has 1 aliphatic rings. The second kappa shape index (κ2) is 10.0. The maximum Gasteiger partial charge on any atom is 0.419 e. The lowest BCUT2D eigenvalue weighted by Gasteiger charge is -2.30. The molecular formula is C26H24F4N2O3S. The summed E-state index contributed by atoms with van der Waals surface area (Å²) in [6, 6.07) is 14.9. The number of carbonyl (C=O) groups is 1. The van der Waals surface area contributed by atoms with Crippen molar-refractivity contribution >= 4 is 21.6 Å². The SMILES string of the molecule is Cc1ccc2c(c1NC(=O)Cc1ccc(C(F)(F)F)c(F)c1)CCN(S(=O)(=O)Cc1ccccc1)C2. The molecule has 3 aromatic rings. The lowest BCUT2D eigenvalue weighted by Crippen LogP contribution is -2.37. The van der Waals surface area contributed by atoms with E-state index in [0.717, 1.165) is 22.8 Å². The molecule has 0 unspecified atom stereocenters. The number of benzene rings is 3. The second-order valence-corrected chi connectivity index (χ2v) is 10.7. The van der Waals surface area contributed by atoms with Crippen LogP contribution < -0.4 is 5.32 Å². The van der Waals surface area contributed by atoms with E-state index in [1.807, 2.05) is 12.1 Å². The second-order valence-electron chi connectivity index (χ2n) is 8.76. The highest BCUT2D eigenvalue weighted by Gasteiger charge is 2.34. The van der Waals surface area contributed by atoms with Crippen LogP contribution in [0.2, 0.25) is 0 Å². The molecule has 36 heavy (non-hydrogen) atoms. The third-order valence-corrected chi connectivity index (χ3v) is 7.93. The molecule has 3 aromatic carbocycles. The highest BCUT2D eigenvalue weighted by molar-refractivity contribution is 7.88. The fourth-order valence-corrected chi connectivity index (χ4v) is 5.80. The van der Waals surface area contributed by atoms with Crippen molar-refractivity contribution in [3.05, 3.63) is 99.9 Å². The summed E-state index contributed by atoms with van der Waals surface area (Å²) in [5.41, 5.74) is 2.31. The number of carbonyl (C=O) groups excluding carboxylic acids is 1. The molecule has 0 radical (unpaired) electrons. The first kappa shape index (κ1) is 25.8. The molecular weight excluding hydrogens is 496 g/mol. The summed E-state index contributed by atoms with van der Waals surface area (Å²) in [6.07, 6.45) is -4.74. The molecule has 0 atom stereocenters. The Labute approximate surface area is 206 Å². The summed E-state index contributed by atoms with van der Waals surface area (Å²) < 4.78 is 79.6. The molecule has 0 aliphatic carbocycles. The van der Waals surface area contributed by atoms with Crippen LogP contribution in [0, 0.1) is 12.7 Å². The Hall–Kier alpha value is -3.24. The third kappa shape index (κ3) is 5.76. The Kier molecular flexibility index (Phi) is 7.19. The average Bonchev–Trinajstić information content (AvgIpc) is 2.80. The van der Waals surface area contributed by atoms with Gasteiger partial charge in [0.25, 0.3) is 0 Å². The van der Waals surface area contributed by atoms with E-state index in [1.54, 1.807) is 37.3 Å².